The topological polar surface area (TPSA) is 97.8 Å². The number of nitrogens with one attached hydrogen (secondary N) is 1. The van der Waals surface area contributed by atoms with Crippen LogP contribution in [0, 0.1) is 5.92 Å². The summed E-state index contributed by atoms with van der Waals surface area (Å²) in [4.78, 5) is 17.8. The van der Waals surface area contributed by atoms with Gasteiger partial charge in [-0.15, -0.1) is 0 Å². The normalized spacial score (nSPS) is 15.4. The minimum absolute atomic E-state index is 0.352. The second-order valence-electron chi connectivity index (χ2n) is 7.63. The minimum atomic E-state index is -3.51. The third-order valence-corrected chi connectivity index (χ3v) is 6.88. The lowest BCUT2D eigenvalue weighted by Crippen LogP contribution is -2.36. The van der Waals surface area contributed by atoms with Gasteiger partial charge in [-0.1, -0.05) is 0 Å². The van der Waals surface area contributed by atoms with Crippen LogP contribution in [0.15, 0.2) is 24.4 Å². The van der Waals surface area contributed by atoms with Gasteiger partial charge in [-0.25, -0.2) is 13.1 Å². The molecular weight excluding hydrogens is 406 g/mol. The molecule has 0 amide bonds. The summed E-state index contributed by atoms with van der Waals surface area (Å²) >= 11 is 0. The van der Waals surface area contributed by atoms with Gasteiger partial charge in [0.05, 0.1) is 19.7 Å². The number of anilines is 1. The first-order valence-corrected chi connectivity index (χ1v) is 11.7. The number of piperidine rings is 1. The van der Waals surface area contributed by atoms with E-state index in [9.17, 15) is 13.2 Å². The van der Waals surface area contributed by atoms with Gasteiger partial charge in [0.2, 0.25) is 10.0 Å². The Bertz CT molecular complexity index is 1000. The van der Waals surface area contributed by atoms with E-state index in [4.69, 9.17) is 9.47 Å². The van der Waals surface area contributed by atoms with E-state index in [1.165, 1.54) is 6.92 Å². The molecule has 1 N–H and O–H groups in total. The number of benzene rings is 1. The highest BCUT2D eigenvalue weighted by Crippen LogP contribution is 2.36. The van der Waals surface area contributed by atoms with Crippen LogP contribution < -0.4 is 19.1 Å². The number of fused-ring (bicyclic) bond motifs is 1. The van der Waals surface area contributed by atoms with Gasteiger partial charge in [0, 0.05) is 43.0 Å². The zero-order chi connectivity index (χ0) is 21.7. The number of aromatic nitrogens is 1. The smallest absolute Gasteiger partial charge is 0.218 e. The number of carbonyl (C=O) groups is 1. The molecule has 0 spiro atoms. The van der Waals surface area contributed by atoms with Crippen LogP contribution in [0.3, 0.4) is 0 Å². The van der Waals surface area contributed by atoms with Gasteiger partial charge in [-0.05, 0) is 44.2 Å². The molecular formula is C21H29N3O5S. The summed E-state index contributed by atoms with van der Waals surface area (Å²) in [7, 11) is -0.281. The van der Waals surface area contributed by atoms with Crippen molar-refractivity contribution in [3.05, 3.63) is 24.4 Å². The van der Waals surface area contributed by atoms with Crippen LogP contribution in [-0.4, -0.2) is 58.8 Å². The number of methoxy groups -OCH3 is 2. The highest BCUT2D eigenvalue weighted by molar-refractivity contribution is 7.90. The number of pyridine rings is 1. The quantitative estimate of drug-likeness (QED) is 0.646. The van der Waals surface area contributed by atoms with E-state index in [2.05, 4.69) is 14.6 Å². The molecule has 1 aromatic carbocycles. The number of carbonyl (C=O) groups excluding carboxylic acids is 1. The number of nitrogens with zero attached hydrogens (tertiary/aromatic N) is 2. The third-order valence-electron chi connectivity index (χ3n) is 5.45. The Kier molecular flexibility index (Phi) is 7.14. The number of Topliss-reactive ketones (excluding diaryl/α,β-unsaturated/α-hetero) is 1. The first-order valence-electron chi connectivity index (χ1n) is 10.1. The average Bonchev–Trinajstić information content (AvgIpc) is 2.71. The Labute approximate surface area is 177 Å². The summed E-state index contributed by atoms with van der Waals surface area (Å²) in [5.41, 5.74) is 1.97. The molecule has 1 aliphatic heterocycles. The molecule has 0 unspecified atom stereocenters. The fraction of sp³-hybridized carbons (Fsp3) is 0.524. The predicted molar refractivity (Wildman–Crippen MR) is 117 cm³/mol. The van der Waals surface area contributed by atoms with E-state index < -0.39 is 15.8 Å². The Morgan fingerprint density at radius 2 is 1.87 bits per heavy atom. The Hall–Kier alpha value is -2.39. The van der Waals surface area contributed by atoms with Crippen molar-refractivity contribution >= 4 is 32.4 Å². The Balaban J connectivity index is 1.62. The Morgan fingerprint density at radius 1 is 1.20 bits per heavy atom. The van der Waals surface area contributed by atoms with E-state index in [0.29, 0.717) is 24.0 Å². The van der Waals surface area contributed by atoms with Gasteiger partial charge in [0.15, 0.2) is 11.5 Å². The lowest BCUT2D eigenvalue weighted by molar-refractivity contribution is -0.114. The maximum absolute atomic E-state index is 11.8. The lowest BCUT2D eigenvalue weighted by Gasteiger charge is -2.34. The molecule has 164 valence electrons. The van der Waals surface area contributed by atoms with Crippen LogP contribution in [0.4, 0.5) is 5.69 Å². The molecule has 9 heteroatoms. The van der Waals surface area contributed by atoms with E-state index in [1.54, 1.807) is 20.4 Å². The SMILES string of the molecule is COc1cc2nccc(N3CCC(CCNS(=O)(=O)CC(C)=O)CC3)c2cc1OC. The van der Waals surface area contributed by atoms with Gasteiger partial charge >= 0.3 is 0 Å². The van der Waals surface area contributed by atoms with Crippen LogP contribution >= 0.6 is 0 Å². The standard InChI is InChI=1S/C21H29N3O5S/c1-15(25)14-30(26,27)23-9-4-16-6-10-24(11-7-16)19-5-8-22-18-13-21(29-3)20(28-2)12-17(18)19/h5,8,12-13,16,23H,4,6-7,9-11,14H2,1-3H3. The van der Waals surface area contributed by atoms with Gasteiger partial charge in [-0.2, -0.15) is 0 Å². The zero-order valence-electron chi connectivity index (χ0n) is 17.7. The summed E-state index contributed by atoms with van der Waals surface area (Å²) in [6.07, 6.45) is 4.53. The predicted octanol–water partition coefficient (Wildman–Crippen LogP) is 2.37. The summed E-state index contributed by atoms with van der Waals surface area (Å²) in [6, 6.07) is 5.87. The van der Waals surface area contributed by atoms with Crippen LogP contribution in [0.2, 0.25) is 0 Å². The highest BCUT2D eigenvalue weighted by atomic mass is 32.2. The Morgan fingerprint density at radius 3 is 2.50 bits per heavy atom. The van der Waals surface area contributed by atoms with Crippen molar-refractivity contribution in [2.45, 2.75) is 26.2 Å². The molecule has 0 saturated carbocycles. The van der Waals surface area contributed by atoms with Crippen molar-refractivity contribution in [2.75, 3.05) is 44.5 Å². The molecule has 0 aliphatic carbocycles. The number of ketones is 1. The number of hydrogen-bond acceptors (Lipinski definition) is 7. The summed E-state index contributed by atoms with van der Waals surface area (Å²) in [6.45, 7) is 3.43. The maximum atomic E-state index is 11.8. The zero-order valence-corrected chi connectivity index (χ0v) is 18.5. The van der Waals surface area contributed by atoms with E-state index in [0.717, 1.165) is 48.9 Å². The van der Waals surface area contributed by atoms with Crippen LogP contribution in [0.1, 0.15) is 26.2 Å². The molecule has 3 rings (SSSR count). The van der Waals surface area contributed by atoms with Gasteiger partial charge in [-0.3, -0.25) is 9.78 Å². The van der Waals surface area contributed by atoms with Crippen LogP contribution in [0.5, 0.6) is 11.5 Å². The van der Waals surface area contributed by atoms with Crippen LogP contribution in [-0.2, 0) is 14.8 Å². The lowest BCUT2D eigenvalue weighted by atomic mass is 9.93. The molecule has 2 heterocycles. The van der Waals surface area contributed by atoms with E-state index in [-0.39, 0.29) is 5.78 Å². The largest absolute Gasteiger partial charge is 0.493 e. The van der Waals surface area contributed by atoms with Crippen molar-refractivity contribution in [1.82, 2.24) is 9.71 Å². The highest BCUT2D eigenvalue weighted by Gasteiger charge is 2.22. The van der Waals surface area contributed by atoms with Gasteiger partial charge in [0.25, 0.3) is 0 Å². The number of ether oxygens (including phenoxy) is 2. The minimum Gasteiger partial charge on any atom is -0.493 e. The average molecular weight is 436 g/mol. The van der Waals surface area contributed by atoms with Crippen molar-refractivity contribution < 1.29 is 22.7 Å². The van der Waals surface area contributed by atoms with Crippen molar-refractivity contribution in [3.63, 3.8) is 0 Å². The first-order chi connectivity index (χ1) is 14.3. The van der Waals surface area contributed by atoms with Gasteiger partial charge < -0.3 is 14.4 Å². The number of rotatable bonds is 9. The number of hydrogen-bond donors (Lipinski definition) is 1. The molecule has 1 aliphatic rings. The molecule has 1 aromatic heterocycles. The maximum Gasteiger partial charge on any atom is 0.218 e. The molecule has 1 saturated heterocycles. The molecule has 30 heavy (non-hydrogen) atoms. The van der Waals surface area contributed by atoms with Crippen molar-refractivity contribution in [1.29, 1.82) is 0 Å². The molecule has 8 nitrogen and oxygen atoms in total. The summed E-state index contributed by atoms with van der Waals surface area (Å²) in [5.74, 6) is 0.973. The van der Waals surface area contributed by atoms with E-state index >= 15 is 0 Å². The second-order valence-corrected chi connectivity index (χ2v) is 9.44. The van der Waals surface area contributed by atoms with Gasteiger partial charge in [0.1, 0.15) is 11.5 Å². The third kappa shape index (κ3) is 5.40. The van der Waals surface area contributed by atoms with E-state index in [1.807, 2.05) is 18.2 Å². The molecule has 0 bridgehead atoms. The van der Waals surface area contributed by atoms with Crippen molar-refractivity contribution in [3.8, 4) is 11.5 Å². The molecule has 1 fully saturated rings. The fourth-order valence-electron chi connectivity index (χ4n) is 3.93. The second kappa shape index (κ2) is 9.61. The molecule has 0 radical (unpaired) electrons. The monoisotopic (exact) mass is 435 g/mol. The first kappa shape index (κ1) is 22.3. The van der Waals surface area contributed by atoms with Crippen molar-refractivity contribution in [2.24, 2.45) is 5.92 Å². The molecule has 0 atom stereocenters. The molecule has 2 aromatic rings. The fourth-order valence-corrected chi connectivity index (χ4v) is 5.00. The van der Waals surface area contributed by atoms with Crippen LogP contribution in [0.25, 0.3) is 10.9 Å². The summed E-state index contributed by atoms with van der Waals surface area (Å²) < 4.78 is 36.9. The number of sulfonamides is 1. The summed E-state index contributed by atoms with van der Waals surface area (Å²) in [5, 5.41) is 1.02.